The molecule has 2 aliphatic rings. The van der Waals surface area contributed by atoms with Crippen LogP contribution in [0.15, 0.2) is 12.3 Å². The molecule has 8 heteroatoms. The summed E-state index contributed by atoms with van der Waals surface area (Å²) in [7, 11) is 1.82. The molecule has 32 heavy (non-hydrogen) atoms. The number of hydrogen-bond donors (Lipinski definition) is 2. The summed E-state index contributed by atoms with van der Waals surface area (Å²) < 4.78 is 5.45. The first-order valence-corrected chi connectivity index (χ1v) is 11.6. The van der Waals surface area contributed by atoms with Crippen LogP contribution < -0.4 is 4.90 Å². The van der Waals surface area contributed by atoms with Crippen molar-refractivity contribution in [2.24, 2.45) is 17.3 Å². The van der Waals surface area contributed by atoms with Crippen LogP contribution in [0.3, 0.4) is 0 Å². The highest BCUT2D eigenvalue weighted by Gasteiger charge is 2.31. The number of H-pyrrole nitrogens is 2. The molecule has 0 saturated carbocycles. The highest BCUT2D eigenvalue weighted by Crippen LogP contribution is 2.37. The van der Waals surface area contributed by atoms with Crippen LogP contribution in [0.1, 0.15) is 51.3 Å². The molecule has 0 radical (unpaired) electrons. The summed E-state index contributed by atoms with van der Waals surface area (Å²) in [6.45, 7) is 8.10. The number of aromatic nitrogens is 5. The van der Waals surface area contributed by atoms with Crippen molar-refractivity contribution in [1.29, 1.82) is 0 Å². The molecule has 1 aliphatic carbocycles. The molecule has 5 rings (SSSR count). The molecular weight excluding hydrogens is 404 g/mol. The van der Waals surface area contributed by atoms with Crippen molar-refractivity contribution < 1.29 is 9.53 Å². The fourth-order valence-corrected chi connectivity index (χ4v) is 5.08. The molecule has 1 atom stereocenters. The summed E-state index contributed by atoms with van der Waals surface area (Å²) in [4.78, 5) is 27.4. The van der Waals surface area contributed by atoms with Gasteiger partial charge < -0.3 is 14.6 Å². The van der Waals surface area contributed by atoms with Crippen LogP contribution >= 0.6 is 0 Å². The summed E-state index contributed by atoms with van der Waals surface area (Å²) >= 11 is 0. The van der Waals surface area contributed by atoms with Crippen LogP contribution in [0.25, 0.3) is 22.7 Å². The fourth-order valence-electron chi connectivity index (χ4n) is 5.08. The summed E-state index contributed by atoms with van der Waals surface area (Å²) in [5.41, 5.74) is 5.84. The van der Waals surface area contributed by atoms with Gasteiger partial charge in [-0.2, -0.15) is 5.10 Å². The Labute approximate surface area is 188 Å². The smallest absolute Gasteiger partial charge is 0.229 e. The molecule has 1 aliphatic heterocycles. The third kappa shape index (κ3) is 3.81. The number of imidazole rings is 1. The lowest BCUT2D eigenvalue weighted by atomic mass is 9.76. The van der Waals surface area contributed by atoms with Gasteiger partial charge in [0.2, 0.25) is 5.91 Å². The summed E-state index contributed by atoms with van der Waals surface area (Å²) in [6.07, 6.45) is 6.72. The normalized spacial score (nSPS) is 19.6. The summed E-state index contributed by atoms with van der Waals surface area (Å²) in [6, 6.07) is 1.95. The van der Waals surface area contributed by atoms with Crippen molar-refractivity contribution in [2.45, 2.75) is 52.9 Å². The van der Waals surface area contributed by atoms with Crippen LogP contribution in [0.2, 0.25) is 0 Å². The molecule has 0 spiro atoms. The average molecular weight is 437 g/mol. The van der Waals surface area contributed by atoms with Gasteiger partial charge >= 0.3 is 0 Å². The van der Waals surface area contributed by atoms with Crippen molar-refractivity contribution in [3.8, 4) is 11.5 Å². The number of rotatable bonds is 4. The van der Waals surface area contributed by atoms with Gasteiger partial charge in [0.25, 0.3) is 0 Å². The van der Waals surface area contributed by atoms with E-state index in [0.717, 1.165) is 68.0 Å². The average Bonchev–Trinajstić information content (AvgIpc) is 3.40. The zero-order valence-electron chi connectivity index (χ0n) is 19.4. The summed E-state index contributed by atoms with van der Waals surface area (Å²) in [5, 5.41) is 7.79. The Balaban J connectivity index is 1.39. The molecule has 3 aromatic rings. The van der Waals surface area contributed by atoms with Crippen LogP contribution in [-0.2, 0) is 22.4 Å². The quantitative estimate of drug-likeness (QED) is 0.646. The Bertz CT molecular complexity index is 1140. The maximum Gasteiger partial charge on any atom is 0.229 e. The van der Waals surface area contributed by atoms with Crippen LogP contribution in [0, 0.1) is 17.3 Å². The molecule has 1 fully saturated rings. The van der Waals surface area contributed by atoms with Gasteiger partial charge in [-0.05, 0) is 49.5 Å². The third-order valence-electron chi connectivity index (χ3n) is 7.29. The van der Waals surface area contributed by atoms with E-state index < -0.39 is 0 Å². The van der Waals surface area contributed by atoms with Gasteiger partial charge in [0.05, 0.1) is 17.4 Å². The SMILES string of the molecule is C[C@@H](C(=O)N(C)c1cnc2nc(-c3n[nH]c4c3CCC(C)(C)C4)[nH]c2c1)C1CCOCC1. The maximum atomic E-state index is 13.1. The van der Waals surface area contributed by atoms with Crippen LogP contribution in [-0.4, -0.2) is 51.3 Å². The van der Waals surface area contributed by atoms with E-state index in [9.17, 15) is 4.79 Å². The maximum absolute atomic E-state index is 13.1. The van der Waals surface area contributed by atoms with E-state index >= 15 is 0 Å². The number of amides is 1. The second-order valence-electron chi connectivity index (χ2n) is 10.2. The van der Waals surface area contributed by atoms with E-state index in [1.807, 2.05) is 20.0 Å². The first-order valence-electron chi connectivity index (χ1n) is 11.6. The molecule has 2 N–H and O–H groups in total. The van der Waals surface area contributed by atoms with Crippen molar-refractivity contribution >= 4 is 22.8 Å². The Morgan fingerprint density at radius 3 is 2.88 bits per heavy atom. The van der Waals surface area contributed by atoms with Crippen LogP contribution in [0.4, 0.5) is 5.69 Å². The van der Waals surface area contributed by atoms with Gasteiger partial charge in [0.15, 0.2) is 11.5 Å². The first-order chi connectivity index (χ1) is 15.3. The second kappa shape index (κ2) is 7.99. The zero-order chi connectivity index (χ0) is 22.5. The van der Waals surface area contributed by atoms with E-state index in [4.69, 9.17) is 4.74 Å². The van der Waals surface area contributed by atoms with E-state index in [2.05, 4.69) is 39.0 Å². The highest BCUT2D eigenvalue weighted by atomic mass is 16.5. The second-order valence-corrected chi connectivity index (χ2v) is 10.2. The van der Waals surface area contributed by atoms with Gasteiger partial charge in [-0.1, -0.05) is 20.8 Å². The van der Waals surface area contributed by atoms with Gasteiger partial charge in [-0.15, -0.1) is 0 Å². The molecule has 0 aromatic carbocycles. The molecule has 170 valence electrons. The van der Waals surface area contributed by atoms with Gasteiger partial charge in [-0.3, -0.25) is 9.89 Å². The van der Waals surface area contributed by atoms with Crippen molar-refractivity contribution in [3.63, 3.8) is 0 Å². The predicted molar refractivity (Wildman–Crippen MR) is 123 cm³/mol. The van der Waals surface area contributed by atoms with Crippen molar-refractivity contribution in [1.82, 2.24) is 25.1 Å². The molecule has 8 nitrogen and oxygen atoms in total. The Morgan fingerprint density at radius 1 is 1.31 bits per heavy atom. The topological polar surface area (TPSA) is 99.8 Å². The highest BCUT2D eigenvalue weighted by molar-refractivity contribution is 5.95. The zero-order valence-corrected chi connectivity index (χ0v) is 19.4. The van der Waals surface area contributed by atoms with E-state index in [1.54, 1.807) is 11.1 Å². The number of carbonyl (C=O) groups excluding carboxylic acids is 1. The molecule has 3 aromatic heterocycles. The lowest BCUT2D eigenvalue weighted by molar-refractivity contribution is -0.124. The number of aromatic amines is 2. The number of fused-ring (bicyclic) bond motifs is 2. The number of nitrogens with one attached hydrogen (secondary N) is 2. The standard InChI is InChI=1S/C24H32N6O2/c1-14(15-6-9-32-10-7-15)23(31)30(4)16-11-18-21(25-13-16)27-22(26-18)20-17-5-8-24(2,3)12-19(17)28-29-20/h11,13-15H,5-10,12H2,1-4H3,(H,28,29)(H,25,26,27)/t14-/m1/s1. The van der Waals surface area contributed by atoms with Gasteiger partial charge in [0, 0.05) is 37.4 Å². The van der Waals surface area contributed by atoms with Gasteiger partial charge in [-0.25, -0.2) is 9.97 Å². The number of pyridine rings is 1. The predicted octanol–water partition coefficient (Wildman–Crippen LogP) is 3.89. The minimum absolute atomic E-state index is 0.0447. The van der Waals surface area contributed by atoms with E-state index in [1.165, 1.54) is 11.3 Å². The third-order valence-corrected chi connectivity index (χ3v) is 7.29. The largest absolute Gasteiger partial charge is 0.381 e. The molecule has 0 unspecified atom stereocenters. The van der Waals surface area contributed by atoms with Crippen LogP contribution in [0.5, 0.6) is 0 Å². The van der Waals surface area contributed by atoms with E-state index in [0.29, 0.717) is 17.0 Å². The number of nitrogens with zero attached hydrogens (tertiary/aromatic N) is 4. The number of ether oxygens (including phenoxy) is 1. The lowest BCUT2D eigenvalue weighted by Crippen LogP contribution is -2.37. The minimum Gasteiger partial charge on any atom is -0.381 e. The van der Waals surface area contributed by atoms with Crippen molar-refractivity contribution in [3.05, 3.63) is 23.5 Å². The molecule has 1 saturated heterocycles. The lowest BCUT2D eigenvalue weighted by Gasteiger charge is -2.30. The van der Waals surface area contributed by atoms with Crippen molar-refractivity contribution in [2.75, 3.05) is 25.2 Å². The summed E-state index contributed by atoms with van der Waals surface area (Å²) in [5.74, 6) is 1.16. The monoisotopic (exact) mass is 436 g/mol. The molecule has 4 heterocycles. The number of anilines is 1. The van der Waals surface area contributed by atoms with E-state index in [-0.39, 0.29) is 11.8 Å². The first kappa shape index (κ1) is 21.1. The number of hydrogen-bond acceptors (Lipinski definition) is 5. The molecule has 0 bridgehead atoms. The Morgan fingerprint density at radius 2 is 2.09 bits per heavy atom. The molecular formula is C24H32N6O2. The fraction of sp³-hybridized carbons (Fsp3) is 0.583. The molecule has 1 amide bonds. The minimum atomic E-state index is -0.0447. The number of carbonyl (C=O) groups is 1. The van der Waals surface area contributed by atoms with Gasteiger partial charge in [0.1, 0.15) is 5.69 Å². The Kier molecular flexibility index (Phi) is 5.28. The Hall–Kier alpha value is -2.74.